The topological polar surface area (TPSA) is 60.7 Å². The first-order valence-corrected chi connectivity index (χ1v) is 9.48. The molecule has 0 unspecified atom stereocenters. The second kappa shape index (κ2) is 6.85. The highest BCUT2D eigenvalue weighted by molar-refractivity contribution is 6.13. The van der Waals surface area contributed by atoms with Crippen LogP contribution in [0.25, 0.3) is 17.0 Å². The lowest BCUT2D eigenvalue weighted by molar-refractivity contribution is -0.129. The standard InChI is InChI=1S/C24H22N2O3/c1-15(27)26-14-17(19-7-5-6-8-21(19)26)13-20-23(28)29-22(25-20)16-9-11-18(12-10-16)24(2,3)4/h5-14H,1-4H3/b20-13+. The first-order chi connectivity index (χ1) is 13.7. The Kier molecular flexibility index (Phi) is 4.46. The van der Waals surface area contributed by atoms with Gasteiger partial charge in [-0.2, -0.15) is 0 Å². The molecule has 0 saturated heterocycles. The predicted molar refractivity (Wildman–Crippen MR) is 114 cm³/mol. The van der Waals surface area contributed by atoms with Crippen LogP contribution in [0.2, 0.25) is 0 Å². The fourth-order valence-electron chi connectivity index (χ4n) is 3.37. The molecule has 0 atom stereocenters. The summed E-state index contributed by atoms with van der Waals surface area (Å²) in [7, 11) is 0. The molecule has 2 aromatic carbocycles. The van der Waals surface area contributed by atoms with Gasteiger partial charge in [0.15, 0.2) is 5.70 Å². The van der Waals surface area contributed by atoms with E-state index in [1.54, 1.807) is 16.8 Å². The molecule has 0 aliphatic carbocycles. The monoisotopic (exact) mass is 386 g/mol. The quantitative estimate of drug-likeness (QED) is 0.463. The molecule has 1 aliphatic rings. The van der Waals surface area contributed by atoms with Crippen LogP contribution < -0.4 is 0 Å². The summed E-state index contributed by atoms with van der Waals surface area (Å²) in [5.41, 5.74) is 3.74. The van der Waals surface area contributed by atoms with Crippen molar-refractivity contribution in [2.75, 3.05) is 0 Å². The highest BCUT2D eigenvalue weighted by Crippen LogP contribution is 2.27. The molecule has 2 heterocycles. The smallest absolute Gasteiger partial charge is 0.363 e. The van der Waals surface area contributed by atoms with Crippen molar-refractivity contribution in [3.05, 3.63) is 77.1 Å². The van der Waals surface area contributed by atoms with Crippen LogP contribution in [0.1, 0.15) is 49.2 Å². The van der Waals surface area contributed by atoms with Gasteiger partial charge in [-0.25, -0.2) is 9.79 Å². The van der Waals surface area contributed by atoms with Gasteiger partial charge in [-0.05, 0) is 35.3 Å². The van der Waals surface area contributed by atoms with Gasteiger partial charge in [0, 0.05) is 29.6 Å². The fraction of sp³-hybridized carbons (Fsp3) is 0.208. The molecule has 1 aliphatic heterocycles. The van der Waals surface area contributed by atoms with E-state index in [1.165, 1.54) is 12.5 Å². The molecule has 0 fully saturated rings. The SMILES string of the molecule is CC(=O)n1cc(/C=C2/N=C(c3ccc(C(C)(C)C)cc3)OC2=O)c2ccccc21. The predicted octanol–water partition coefficient (Wildman–Crippen LogP) is 4.94. The summed E-state index contributed by atoms with van der Waals surface area (Å²) < 4.78 is 6.96. The fourth-order valence-corrected chi connectivity index (χ4v) is 3.37. The normalized spacial score (nSPS) is 15.7. The van der Waals surface area contributed by atoms with Crippen molar-refractivity contribution < 1.29 is 14.3 Å². The largest absolute Gasteiger partial charge is 0.402 e. The molecule has 146 valence electrons. The molecule has 29 heavy (non-hydrogen) atoms. The van der Waals surface area contributed by atoms with Gasteiger partial charge in [0.1, 0.15) is 0 Å². The van der Waals surface area contributed by atoms with Crippen molar-refractivity contribution in [2.24, 2.45) is 4.99 Å². The Morgan fingerprint density at radius 2 is 1.76 bits per heavy atom. The number of para-hydroxylation sites is 1. The molecular weight excluding hydrogens is 364 g/mol. The maximum absolute atomic E-state index is 12.4. The van der Waals surface area contributed by atoms with Crippen LogP contribution in [0.3, 0.4) is 0 Å². The number of hydrogen-bond donors (Lipinski definition) is 0. The van der Waals surface area contributed by atoms with Gasteiger partial charge >= 0.3 is 5.97 Å². The number of ether oxygens (including phenoxy) is 1. The van der Waals surface area contributed by atoms with Crippen LogP contribution in [-0.4, -0.2) is 22.3 Å². The zero-order chi connectivity index (χ0) is 20.8. The Morgan fingerprint density at radius 3 is 2.41 bits per heavy atom. The maximum Gasteiger partial charge on any atom is 0.363 e. The third kappa shape index (κ3) is 3.51. The Bertz CT molecular complexity index is 1190. The summed E-state index contributed by atoms with van der Waals surface area (Å²) in [5, 5.41) is 0.876. The van der Waals surface area contributed by atoms with E-state index in [0.717, 1.165) is 22.0 Å². The van der Waals surface area contributed by atoms with Crippen LogP contribution in [-0.2, 0) is 14.9 Å². The van der Waals surface area contributed by atoms with Crippen molar-refractivity contribution in [2.45, 2.75) is 33.1 Å². The van der Waals surface area contributed by atoms with Gasteiger partial charge in [-0.15, -0.1) is 0 Å². The number of benzene rings is 2. The Morgan fingerprint density at radius 1 is 1.07 bits per heavy atom. The number of carbonyl (C=O) groups is 2. The van der Waals surface area contributed by atoms with E-state index in [-0.39, 0.29) is 22.9 Å². The minimum atomic E-state index is -0.500. The summed E-state index contributed by atoms with van der Waals surface area (Å²) in [5.74, 6) is -0.306. The summed E-state index contributed by atoms with van der Waals surface area (Å²) in [6, 6.07) is 15.4. The molecular formula is C24H22N2O3. The Labute approximate surface area is 169 Å². The average Bonchev–Trinajstić information content (AvgIpc) is 3.23. The minimum absolute atomic E-state index is 0.0443. The molecule has 5 nitrogen and oxygen atoms in total. The van der Waals surface area contributed by atoms with E-state index < -0.39 is 5.97 Å². The lowest BCUT2D eigenvalue weighted by atomic mass is 9.87. The number of cyclic esters (lactones) is 1. The van der Waals surface area contributed by atoms with Gasteiger partial charge in [0.2, 0.25) is 11.8 Å². The van der Waals surface area contributed by atoms with Crippen molar-refractivity contribution in [3.63, 3.8) is 0 Å². The van der Waals surface area contributed by atoms with Crippen LogP contribution in [0, 0.1) is 0 Å². The number of carbonyl (C=O) groups excluding carboxylic acids is 2. The van der Waals surface area contributed by atoms with Crippen LogP contribution in [0.15, 0.2) is 65.4 Å². The Balaban J connectivity index is 1.72. The lowest BCUT2D eigenvalue weighted by Crippen LogP contribution is -2.11. The van der Waals surface area contributed by atoms with E-state index in [2.05, 4.69) is 25.8 Å². The zero-order valence-electron chi connectivity index (χ0n) is 16.9. The van der Waals surface area contributed by atoms with Crippen molar-refractivity contribution in [1.82, 2.24) is 4.57 Å². The third-order valence-electron chi connectivity index (χ3n) is 4.99. The van der Waals surface area contributed by atoms with Crippen molar-refractivity contribution in [3.8, 4) is 0 Å². The van der Waals surface area contributed by atoms with Gasteiger partial charge in [-0.3, -0.25) is 9.36 Å². The van der Waals surface area contributed by atoms with Crippen LogP contribution in [0.4, 0.5) is 0 Å². The molecule has 4 rings (SSSR count). The van der Waals surface area contributed by atoms with Crippen LogP contribution >= 0.6 is 0 Å². The second-order valence-corrected chi connectivity index (χ2v) is 8.15. The second-order valence-electron chi connectivity index (χ2n) is 8.15. The van der Waals surface area contributed by atoms with Gasteiger partial charge in [-0.1, -0.05) is 51.1 Å². The minimum Gasteiger partial charge on any atom is -0.402 e. The number of aromatic nitrogens is 1. The van der Waals surface area contributed by atoms with E-state index in [9.17, 15) is 9.59 Å². The van der Waals surface area contributed by atoms with Gasteiger partial charge < -0.3 is 4.74 Å². The molecule has 5 heteroatoms. The summed E-state index contributed by atoms with van der Waals surface area (Å²) >= 11 is 0. The van der Waals surface area contributed by atoms with E-state index in [4.69, 9.17) is 4.74 Å². The number of hydrogen-bond acceptors (Lipinski definition) is 4. The summed E-state index contributed by atoms with van der Waals surface area (Å²) in [6.07, 6.45) is 3.39. The highest BCUT2D eigenvalue weighted by Gasteiger charge is 2.25. The molecule has 0 bridgehead atoms. The molecule has 3 aromatic rings. The maximum atomic E-state index is 12.4. The number of esters is 1. The molecule has 1 aromatic heterocycles. The summed E-state index contributed by atoms with van der Waals surface area (Å²) in [6.45, 7) is 7.94. The number of aliphatic imine (C=N–C) groups is 1. The van der Waals surface area contributed by atoms with E-state index >= 15 is 0 Å². The average molecular weight is 386 g/mol. The first kappa shape index (κ1) is 18.9. The molecule has 0 amide bonds. The molecule has 0 spiro atoms. The van der Waals surface area contributed by atoms with Crippen molar-refractivity contribution >= 4 is 34.8 Å². The van der Waals surface area contributed by atoms with E-state index in [0.29, 0.717) is 0 Å². The zero-order valence-corrected chi connectivity index (χ0v) is 16.9. The number of fused-ring (bicyclic) bond motifs is 1. The molecule has 0 radical (unpaired) electrons. The van der Waals surface area contributed by atoms with Gasteiger partial charge in [0.25, 0.3) is 0 Å². The highest BCUT2D eigenvalue weighted by atomic mass is 16.6. The third-order valence-corrected chi connectivity index (χ3v) is 4.99. The van der Waals surface area contributed by atoms with Gasteiger partial charge in [0.05, 0.1) is 5.52 Å². The van der Waals surface area contributed by atoms with Crippen LogP contribution in [0.5, 0.6) is 0 Å². The lowest BCUT2D eigenvalue weighted by Gasteiger charge is -2.18. The number of rotatable bonds is 2. The molecule has 0 N–H and O–H groups in total. The molecule has 0 saturated carbocycles. The summed E-state index contributed by atoms with van der Waals surface area (Å²) in [4.78, 5) is 28.7. The van der Waals surface area contributed by atoms with Crippen molar-refractivity contribution in [1.29, 1.82) is 0 Å². The first-order valence-electron chi connectivity index (χ1n) is 9.48. The number of nitrogens with zero attached hydrogens (tertiary/aromatic N) is 2. The van der Waals surface area contributed by atoms with E-state index in [1.807, 2.05) is 48.5 Å². The Hall–Kier alpha value is -3.47.